The average molecular weight is 132 g/mol. The van der Waals surface area contributed by atoms with Gasteiger partial charge in [0, 0.05) is 0 Å². The summed E-state index contributed by atoms with van der Waals surface area (Å²) in [4.78, 5) is 0. The Balaban J connectivity index is 3.12. The van der Waals surface area contributed by atoms with Crippen molar-refractivity contribution in [3.8, 4) is 0 Å². The van der Waals surface area contributed by atoms with Crippen LogP contribution in [0.3, 0.4) is 0 Å². The molecular formula is C3H5N2PS. The fourth-order valence-electron chi connectivity index (χ4n) is 0.241. The molecule has 1 aromatic rings. The van der Waals surface area contributed by atoms with Crippen LogP contribution in [0.1, 0.15) is 5.69 Å². The van der Waals surface area contributed by atoms with Gasteiger partial charge in [0.25, 0.3) is 0 Å². The molecule has 0 amide bonds. The van der Waals surface area contributed by atoms with Gasteiger partial charge in [-0.15, -0.1) is 5.10 Å². The predicted octanol–water partition coefficient (Wildman–Crippen LogP) is 0.347. The molecule has 0 aliphatic rings. The van der Waals surface area contributed by atoms with E-state index >= 15 is 0 Å². The smallest absolute Gasteiger partial charge is 0.0796 e. The molecule has 1 atom stereocenters. The van der Waals surface area contributed by atoms with Gasteiger partial charge in [-0.3, -0.25) is 0 Å². The van der Waals surface area contributed by atoms with Crippen LogP contribution >= 0.6 is 20.8 Å². The molecular weight excluding hydrogens is 127 g/mol. The van der Waals surface area contributed by atoms with Crippen LogP contribution in [0, 0.1) is 6.92 Å². The molecule has 1 unspecified atom stereocenters. The zero-order chi connectivity index (χ0) is 5.28. The van der Waals surface area contributed by atoms with Crippen LogP contribution in [0.25, 0.3) is 0 Å². The Morgan fingerprint density at radius 3 is 2.57 bits per heavy atom. The molecule has 4 heteroatoms. The fourth-order valence-corrected chi connectivity index (χ4v) is 0.864. The van der Waals surface area contributed by atoms with E-state index < -0.39 is 0 Å². The number of hydrogen-bond donors (Lipinski definition) is 0. The second-order valence-corrected chi connectivity index (χ2v) is 3.00. The van der Waals surface area contributed by atoms with E-state index in [9.17, 15) is 0 Å². The molecule has 0 aromatic carbocycles. The second-order valence-electron chi connectivity index (χ2n) is 1.22. The number of aromatic nitrogens is 2. The first-order chi connectivity index (χ1) is 3.30. The number of aryl methyl sites for hydroxylation is 1. The van der Waals surface area contributed by atoms with Crippen molar-refractivity contribution in [2.75, 3.05) is 0 Å². The molecule has 7 heavy (non-hydrogen) atoms. The molecule has 38 valence electrons. The topological polar surface area (TPSA) is 25.8 Å². The molecule has 0 saturated heterocycles. The highest BCUT2D eigenvalue weighted by molar-refractivity contribution is 7.41. The molecule has 1 aromatic heterocycles. The van der Waals surface area contributed by atoms with Crippen LogP contribution in [0.2, 0.25) is 0 Å². The highest BCUT2D eigenvalue weighted by Crippen LogP contribution is 1.95. The van der Waals surface area contributed by atoms with Gasteiger partial charge in [0.1, 0.15) is 0 Å². The summed E-state index contributed by atoms with van der Waals surface area (Å²) in [6.45, 7) is 1.94. The van der Waals surface area contributed by atoms with Crippen LogP contribution in [-0.2, 0) is 0 Å². The van der Waals surface area contributed by atoms with E-state index in [1.165, 1.54) is 11.5 Å². The second kappa shape index (κ2) is 1.85. The Morgan fingerprint density at radius 1 is 1.71 bits per heavy atom. The van der Waals surface area contributed by atoms with Gasteiger partial charge in [0.2, 0.25) is 0 Å². The fraction of sp³-hybridized carbons (Fsp3) is 0.333. The first kappa shape index (κ1) is 5.13. The monoisotopic (exact) mass is 132 g/mol. The van der Waals surface area contributed by atoms with E-state index in [2.05, 4.69) is 18.8 Å². The van der Waals surface area contributed by atoms with Gasteiger partial charge in [0.05, 0.1) is 10.3 Å². The van der Waals surface area contributed by atoms with E-state index in [0.29, 0.717) is 0 Å². The first-order valence-electron chi connectivity index (χ1n) is 1.85. The minimum absolute atomic E-state index is 1.01. The SMILES string of the molecule is Cc1nnsc1P. The lowest BCUT2D eigenvalue weighted by Gasteiger charge is -1.74. The Kier molecular flexibility index (Phi) is 1.35. The van der Waals surface area contributed by atoms with Crippen LogP contribution in [-0.4, -0.2) is 9.59 Å². The standard InChI is InChI=1S/C3H5N2PS/c1-2-3(6)7-5-4-2/h6H2,1H3. The summed E-state index contributed by atoms with van der Waals surface area (Å²) >= 11 is 1.41. The molecule has 0 saturated carbocycles. The lowest BCUT2D eigenvalue weighted by atomic mass is 10.6. The van der Waals surface area contributed by atoms with E-state index in [0.717, 1.165) is 10.3 Å². The molecule has 0 spiro atoms. The Bertz CT molecular complexity index is 145. The van der Waals surface area contributed by atoms with E-state index in [-0.39, 0.29) is 0 Å². The maximum atomic E-state index is 3.76. The highest BCUT2D eigenvalue weighted by Gasteiger charge is 1.91. The summed E-state index contributed by atoms with van der Waals surface area (Å²) in [6.07, 6.45) is 0. The molecule has 0 aliphatic heterocycles. The normalized spacial score (nSPS) is 9.43. The van der Waals surface area contributed by atoms with Crippen LogP contribution in [0.15, 0.2) is 0 Å². The zero-order valence-corrected chi connectivity index (χ0v) is 5.85. The molecule has 0 radical (unpaired) electrons. The van der Waals surface area contributed by atoms with E-state index in [1.54, 1.807) is 0 Å². The van der Waals surface area contributed by atoms with Gasteiger partial charge in [-0.05, 0) is 18.5 Å². The molecule has 2 nitrogen and oxygen atoms in total. The van der Waals surface area contributed by atoms with Crippen molar-refractivity contribution < 1.29 is 0 Å². The largest absolute Gasteiger partial charge is 0.143 e. The Labute approximate surface area is 48.3 Å². The third kappa shape index (κ3) is 0.956. The summed E-state index contributed by atoms with van der Waals surface area (Å²) in [5.74, 6) is 0. The Morgan fingerprint density at radius 2 is 2.43 bits per heavy atom. The van der Waals surface area contributed by atoms with Gasteiger partial charge in [0.15, 0.2) is 0 Å². The quantitative estimate of drug-likeness (QED) is 0.476. The molecule has 0 aliphatic carbocycles. The highest BCUT2D eigenvalue weighted by atomic mass is 32.1. The minimum Gasteiger partial charge on any atom is -0.143 e. The van der Waals surface area contributed by atoms with Crippen molar-refractivity contribution in [1.29, 1.82) is 0 Å². The molecule has 0 fully saturated rings. The maximum absolute atomic E-state index is 3.76. The molecule has 1 heterocycles. The minimum atomic E-state index is 1.01. The summed E-state index contributed by atoms with van der Waals surface area (Å²) in [5, 5.41) is 3.76. The third-order valence-corrected chi connectivity index (χ3v) is 2.08. The van der Waals surface area contributed by atoms with E-state index in [1.807, 2.05) is 6.92 Å². The summed E-state index contributed by atoms with van der Waals surface area (Å²) in [5.41, 5.74) is 1.01. The summed E-state index contributed by atoms with van der Waals surface area (Å²) < 4.78 is 4.82. The maximum Gasteiger partial charge on any atom is 0.0796 e. The van der Waals surface area contributed by atoms with Crippen LogP contribution < -0.4 is 4.62 Å². The molecule has 0 bridgehead atoms. The number of rotatable bonds is 0. The van der Waals surface area contributed by atoms with E-state index in [4.69, 9.17) is 0 Å². The summed E-state index contributed by atoms with van der Waals surface area (Å²) in [7, 11) is 2.57. The van der Waals surface area contributed by atoms with Gasteiger partial charge in [-0.1, -0.05) is 13.7 Å². The van der Waals surface area contributed by atoms with Gasteiger partial charge >= 0.3 is 0 Å². The van der Waals surface area contributed by atoms with Crippen molar-refractivity contribution in [1.82, 2.24) is 9.59 Å². The van der Waals surface area contributed by atoms with Crippen LogP contribution in [0.4, 0.5) is 0 Å². The van der Waals surface area contributed by atoms with Crippen molar-refractivity contribution in [3.63, 3.8) is 0 Å². The lowest BCUT2D eigenvalue weighted by molar-refractivity contribution is 1.09. The van der Waals surface area contributed by atoms with Crippen molar-refractivity contribution in [3.05, 3.63) is 5.69 Å². The lowest BCUT2D eigenvalue weighted by Crippen LogP contribution is -1.84. The zero-order valence-electron chi connectivity index (χ0n) is 3.88. The van der Waals surface area contributed by atoms with Gasteiger partial charge in [-0.25, -0.2) is 0 Å². The number of hydrogen-bond acceptors (Lipinski definition) is 3. The molecule has 1 rings (SSSR count). The van der Waals surface area contributed by atoms with Gasteiger partial charge < -0.3 is 0 Å². The van der Waals surface area contributed by atoms with Crippen molar-refractivity contribution in [2.24, 2.45) is 0 Å². The van der Waals surface area contributed by atoms with Gasteiger partial charge in [-0.2, -0.15) is 0 Å². The predicted molar refractivity (Wildman–Crippen MR) is 34.0 cm³/mol. The average Bonchev–Trinajstić information content (AvgIpc) is 1.91. The third-order valence-electron chi connectivity index (χ3n) is 0.687. The number of nitrogens with zero attached hydrogens (tertiary/aromatic N) is 2. The molecule has 0 N–H and O–H groups in total. The first-order valence-corrected chi connectivity index (χ1v) is 3.20. The Hall–Kier alpha value is -0.0100. The van der Waals surface area contributed by atoms with Crippen LogP contribution in [0.5, 0.6) is 0 Å². The van der Waals surface area contributed by atoms with Crippen molar-refractivity contribution >= 4 is 25.4 Å². The van der Waals surface area contributed by atoms with Crippen molar-refractivity contribution in [2.45, 2.75) is 6.92 Å². The summed E-state index contributed by atoms with van der Waals surface area (Å²) in [6, 6.07) is 0.